The van der Waals surface area contributed by atoms with Crippen LogP contribution in [0.15, 0.2) is 35.3 Å². The Morgan fingerprint density at radius 3 is 1.85 bits per heavy atom. The first-order valence-corrected chi connectivity index (χ1v) is 17.4. The van der Waals surface area contributed by atoms with Crippen molar-refractivity contribution in [3.05, 3.63) is 35.9 Å². The maximum Gasteiger partial charge on any atom is 0.219 e. The Hall–Kier alpha value is -1.39. The molecule has 1 aromatic carbocycles. The molecular weight excluding hydrogens is 526 g/mol. The summed E-state index contributed by atoms with van der Waals surface area (Å²) >= 11 is 0. The summed E-state index contributed by atoms with van der Waals surface area (Å²) in [6.07, 6.45) is 26.8. The predicted octanol–water partition coefficient (Wildman–Crippen LogP) is 6.77. The molecule has 0 aliphatic carbocycles. The van der Waals surface area contributed by atoms with Gasteiger partial charge in [-0.1, -0.05) is 147 Å². The molecule has 1 N–H and O–H groups in total. The van der Waals surface area contributed by atoms with Gasteiger partial charge in [-0.15, -0.1) is 0 Å². The van der Waals surface area contributed by atoms with E-state index in [1.54, 1.807) is 0 Å². The van der Waals surface area contributed by atoms with E-state index in [2.05, 4.69) is 49.5 Å². The Balaban J connectivity index is 0.00000840. The molecule has 1 aliphatic heterocycles. The van der Waals surface area contributed by atoms with Crippen molar-refractivity contribution in [2.24, 2.45) is 4.99 Å². The summed E-state index contributed by atoms with van der Waals surface area (Å²) in [6.45, 7) is 9.51. The van der Waals surface area contributed by atoms with Gasteiger partial charge in [0.05, 0.1) is 13.1 Å². The van der Waals surface area contributed by atoms with Crippen LogP contribution in [0.5, 0.6) is 0 Å². The van der Waals surface area contributed by atoms with Crippen LogP contribution in [-0.2, 0) is 11.3 Å². The van der Waals surface area contributed by atoms with E-state index in [-0.39, 0.29) is 18.3 Å². The molecule has 0 bridgehead atoms. The van der Waals surface area contributed by atoms with Crippen molar-refractivity contribution in [1.82, 2.24) is 5.32 Å². The van der Waals surface area contributed by atoms with Gasteiger partial charge in [-0.05, 0) is 12.8 Å². The SMILES string of the molecule is CCCCCCCCCCCC(=O)NCCC[N+]1(Cc2ccccc2)CCN=C1CCCCCCCCCCC.[Cl-]. The number of nitrogens with one attached hydrogen (secondary N) is 1. The number of amidine groups is 1. The number of quaternary nitrogens is 1. The molecular formula is C36H64ClN3O. The second-order valence-electron chi connectivity index (χ2n) is 12.4. The van der Waals surface area contributed by atoms with Gasteiger partial charge in [-0.25, -0.2) is 4.99 Å². The number of hydrogen-bond donors (Lipinski definition) is 1. The van der Waals surface area contributed by atoms with Gasteiger partial charge >= 0.3 is 0 Å². The van der Waals surface area contributed by atoms with Crippen molar-refractivity contribution >= 4 is 11.7 Å². The number of halogens is 1. The van der Waals surface area contributed by atoms with E-state index in [9.17, 15) is 4.79 Å². The Morgan fingerprint density at radius 1 is 0.732 bits per heavy atom. The highest BCUT2D eigenvalue weighted by Crippen LogP contribution is 2.25. The van der Waals surface area contributed by atoms with Crippen LogP contribution in [0.3, 0.4) is 0 Å². The zero-order chi connectivity index (χ0) is 28.6. The largest absolute Gasteiger partial charge is 1.00 e. The Kier molecular flexibility index (Phi) is 23.1. The zero-order valence-corrected chi connectivity index (χ0v) is 27.7. The molecule has 2 rings (SSSR count). The molecule has 1 aromatic rings. The molecule has 0 saturated carbocycles. The monoisotopic (exact) mass is 589 g/mol. The molecule has 1 heterocycles. The van der Waals surface area contributed by atoms with Crippen molar-refractivity contribution in [2.75, 3.05) is 26.2 Å². The predicted molar refractivity (Wildman–Crippen MR) is 174 cm³/mol. The third-order valence-corrected chi connectivity index (χ3v) is 8.79. The van der Waals surface area contributed by atoms with E-state index in [4.69, 9.17) is 4.99 Å². The van der Waals surface area contributed by atoms with Crippen LogP contribution in [0, 0.1) is 0 Å². The standard InChI is InChI=1S/C36H63N3O.ClH/c1-3-5-7-9-11-13-15-17-22-27-35-37-30-32-39(35,33-34-25-20-19-21-26-34)31-24-29-38-36(40)28-23-18-16-14-12-10-8-6-4-2;/h19-21,25-26H,3-18,22-24,27-33H2,1-2H3;1H. The molecule has 1 unspecified atom stereocenters. The lowest BCUT2D eigenvalue weighted by atomic mass is 10.1. The number of aliphatic imine (C=N–C) groups is 1. The molecule has 0 saturated heterocycles. The summed E-state index contributed by atoms with van der Waals surface area (Å²) < 4.78 is 0.995. The smallest absolute Gasteiger partial charge is 0.219 e. The van der Waals surface area contributed by atoms with Crippen LogP contribution < -0.4 is 17.7 Å². The van der Waals surface area contributed by atoms with E-state index in [1.165, 1.54) is 121 Å². The number of nitrogens with zero attached hydrogens (tertiary/aromatic N) is 2. The molecule has 4 nitrogen and oxygen atoms in total. The number of rotatable bonds is 26. The molecule has 0 aromatic heterocycles. The van der Waals surface area contributed by atoms with E-state index in [0.29, 0.717) is 6.42 Å². The summed E-state index contributed by atoms with van der Waals surface area (Å²) in [5.74, 6) is 1.65. The van der Waals surface area contributed by atoms with Crippen LogP contribution in [-0.4, -0.2) is 42.4 Å². The zero-order valence-electron chi connectivity index (χ0n) is 27.0. The maximum atomic E-state index is 12.4. The maximum absolute atomic E-state index is 12.4. The first kappa shape index (κ1) is 37.6. The van der Waals surface area contributed by atoms with E-state index in [0.717, 1.165) is 56.5 Å². The fourth-order valence-electron chi connectivity index (χ4n) is 6.28. The van der Waals surface area contributed by atoms with Gasteiger partial charge in [0, 0.05) is 31.4 Å². The molecule has 1 aliphatic rings. The molecule has 41 heavy (non-hydrogen) atoms. The minimum atomic E-state index is 0. The molecule has 0 spiro atoms. The highest BCUT2D eigenvalue weighted by atomic mass is 35.5. The molecule has 0 fully saturated rings. The van der Waals surface area contributed by atoms with Crippen LogP contribution in [0.4, 0.5) is 0 Å². The van der Waals surface area contributed by atoms with E-state index in [1.807, 2.05) is 0 Å². The van der Waals surface area contributed by atoms with Crippen molar-refractivity contribution in [3.8, 4) is 0 Å². The lowest BCUT2D eigenvalue weighted by Gasteiger charge is -2.35. The van der Waals surface area contributed by atoms with Crippen LogP contribution >= 0.6 is 0 Å². The minimum Gasteiger partial charge on any atom is -1.00 e. The van der Waals surface area contributed by atoms with Gasteiger partial charge in [-0.3, -0.25) is 9.28 Å². The summed E-state index contributed by atoms with van der Waals surface area (Å²) in [5.41, 5.74) is 1.40. The Bertz CT molecular complexity index is 784. The summed E-state index contributed by atoms with van der Waals surface area (Å²) in [5, 5.41) is 3.22. The van der Waals surface area contributed by atoms with Crippen LogP contribution in [0.25, 0.3) is 0 Å². The lowest BCUT2D eigenvalue weighted by Crippen LogP contribution is -3.00. The van der Waals surface area contributed by atoms with Crippen molar-refractivity contribution < 1.29 is 21.7 Å². The Labute approximate surface area is 260 Å². The summed E-state index contributed by atoms with van der Waals surface area (Å²) in [4.78, 5) is 17.5. The number of unbranched alkanes of at least 4 members (excludes halogenated alkanes) is 16. The second-order valence-corrected chi connectivity index (χ2v) is 12.4. The fraction of sp³-hybridized carbons (Fsp3) is 0.778. The van der Waals surface area contributed by atoms with Gasteiger partial charge in [0.25, 0.3) is 0 Å². The highest BCUT2D eigenvalue weighted by Gasteiger charge is 2.37. The molecule has 1 atom stereocenters. The molecule has 1 amide bonds. The topological polar surface area (TPSA) is 41.5 Å². The quantitative estimate of drug-likeness (QED) is 0.0940. The van der Waals surface area contributed by atoms with E-state index >= 15 is 0 Å². The average molecular weight is 590 g/mol. The van der Waals surface area contributed by atoms with Gasteiger partial charge in [0.15, 0.2) is 5.84 Å². The fourth-order valence-corrected chi connectivity index (χ4v) is 6.28. The van der Waals surface area contributed by atoms with E-state index < -0.39 is 0 Å². The highest BCUT2D eigenvalue weighted by molar-refractivity contribution is 5.77. The lowest BCUT2D eigenvalue weighted by molar-refractivity contribution is -0.850. The third kappa shape index (κ3) is 17.4. The van der Waals surface area contributed by atoms with Crippen molar-refractivity contribution in [2.45, 2.75) is 155 Å². The number of benzene rings is 1. The van der Waals surface area contributed by atoms with Gasteiger partial charge in [0.1, 0.15) is 13.1 Å². The molecule has 0 radical (unpaired) electrons. The molecule has 5 heteroatoms. The number of carbonyl (C=O) groups is 1. The van der Waals surface area contributed by atoms with Gasteiger partial charge in [-0.2, -0.15) is 0 Å². The van der Waals surface area contributed by atoms with Crippen LogP contribution in [0.1, 0.15) is 154 Å². The first-order valence-electron chi connectivity index (χ1n) is 17.4. The first-order chi connectivity index (χ1) is 19.7. The summed E-state index contributed by atoms with van der Waals surface area (Å²) in [7, 11) is 0. The van der Waals surface area contributed by atoms with Gasteiger partial charge < -0.3 is 17.7 Å². The van der Waals surface area contributed by atoms with Crippen molar-refractivity contribution in [3.63, 3.8) is 0 Å². The number of hydrogen-bond acceptors (Lipinski definition) is 2. The summed E-state index contributed by atoms with van der Waals surface area (Å²) in [6, 6.07) is 11.0. The van der Waals surface area contributed by atoms with Gasteiger partial charge in [0.2, 0.25) is 5.91 Å². The third-order valence-electron chi connectivity index (χ3n) is 8.79. The minimum absolute atomic E-state index is 0. The Morgan fingerprint density at radius 2 is 1.27 bits per heavy atom. The van der Waals surface area contributed by atoms with Crippen LogP contribution in [0.2, 0.25) is 0 Å². The number of carbonyl (C=O) groups excluding carboxylic acids is 1. The second kappa shape index (κ2) is 25.1. The van der Waals surface area contributed by atoms with Crippen molar-refractivity contribution in [1.29, 1.82) is 0 Å². The molecule has 236 valence electrons. The number of amides is 1. The normalized spacial score (nSPS) is 16.4. The average Bonchev–Trinajstić information content (AvgIpc) is 3.36.